The largest absolute Gasteiger partial charge is 0.478 e. The van der Waals surface area contributed by atoms with Crippen LogP contribution in [0.1, 0.15) is 31.8 Å². The zero-order valence-electron chi connectivity index (χ0n) is 8.70. The fourth-order valence-electron chi connectivity index (χ4n) is 1.40. The van der Waals surface area contributed by atoms with Crippen LogP contribution in [0.25, 0.3) is 6.08 Å². The maximum atomic E-state index is 11.1. The van der Waals surface area contributed by atoms with Crippen molar-refractivity contribution in [3.63, 3.8) is 0 Å². The van der Waals surface area contributed by atoms with Crippen LogP contribution in [-0.2, 0) is 0 Å². The molecule has 0 bridgehead atoms. The Morgan fingerprint density at radius 2 is 1.76 bits per heavy atom. The molecule has 0 spiro atoms. The monoisotopic (exact) mass is 362 g/mol. The van der Waals surface area contributed by atoms with E-state index in [0.29, 0.717) is 14.5 Å². The Balaban J connectivity index is 3.55. The lowest BCUT2D eigenvalue weighted by Crippen LogP contribution is -2.06. The summed E-state index contributed by atoms with van der Waals surface area (Å²) in [5.74, 6) is -2.31. The van der Waals surface area contributed by atoms with Crippen molar-refractivity contribution < 1.29 is 19.8 Å². The molecule has 1 aromatic carbocycles. The molecule has 0 unspecified atom stereocenters. The molecule has 1 aromatic rings. The number of aryl methyl sites for hydroxylation is 1. The molecule has 4 nitrogen and oxygen atoms in total. The average molecular weight is 364 g/mol. The predicted octanol–water partition coefficient (Wildman–Crippen LogP) is 3.48. The van der Waals surface area contributed by atoms with Crippen molar-refractivity contribution in [1.29, 1.82) is 0 Å². The minimum atomic E-state index is -1.16. The summed E-state index contributed by atoms with van der Waals surface area (Å²) >= 11 is 6.29. The Hall–Kier alpha value is -1.14. The highest BCUT2D eigenvalue weighted by atomic mass is 79.9. The number of carboxylic acids is 2. The van der Waals surface area contributed by atoms with E-state index in [1.165, 1.54) is 6.07 Å². The van der Waals surface area contributed by atoms with Gasteiger partial charge < -0.3 is 10.2 Å². The standard InChI is InChI=1S/C11H8Br2O4/c1-5-2-6(10(14)15)3-8(11(16)17)7(5)4-9(12)13/h2-4H,1H3,(H,14,15)(H,16,17). The van der Waals surface area contributed by atoms with Gasteiger partial charge in [-0.05, 0) is 68.1 Å². The number of rotatable bonds is 3. The van der Waals surface area contributed by atoms with Gasteiger partial charge in [-0.25, -0.2) is 9.59 Å². The molecule has 0 heterocycles. The van der Waals surface area contributed by atoms with Crippen molar-refractivity contribution in [1.82, 2.24) is 0 Å². The Morgan fingerprint density at radius 3 is 2.18 bits per heavy atom. The number of hydrogen-bond donors (Lipinski definition) is 2. The summed E-state index contributed by atoms with van der Waals surface area (Å²) in [6.07, 6.45) is 1.57. The van der Waals surface area contributed by atoms with E-state index in [4.69, 9.17) is 10.2 Å². The first-order valence-corrected chi connectivity index (χ1v) is 6.05. The number of benzene rings is 1. The van der Waals surface area contributed by atoms with E-state index in [1.54, 1.807) is 13.0 Å². The molecule has 2 N–H and O–H groups in total. The molecular formula is C11H8Br2O4. The van der Waals surface area contributed by atoms with Gasteiger partial charge in [-0.3, -0.25) is 0 Å². The van der Waals surface area contributed by atoms with E-state index in [0.717, 1.165) is 6.07 Å². The van der Waals surface area contributed by atoms with Crippen LogP contribution in [0.5, 0.6) is 0 Å². The van der Waals surface area contributed by atoms with E-state index < -0.39 is 11.9 Å². The zero-order chi connectivity index (χ0) is 13.2. The number of carbonyl (C=O) groups is 2. The molecule has 17 heavy (non-hydrogen) atoms. The van der Waals surface area contributed by atoms with Crippen LogP contribution < -0.4 is 0 Å². The highest BCUT2D eigenvalue weighted by Gasteiger charge is 2.15. The average Bonchev–Trinajstić information content (AvgIpc) is 2.19. The molecule has 0 aliphatic rings. The van der Waals surface area contributed by atoms with Crippen LogP contribution in [0, 0.1) is 6.92 Å². The van der Waals surface area contributed by atoms with Gasteiger partial charge in [-0.1, -0.05) is 0 Å². The highest BCUT2D eigenvalue weighted by Crippen LogP contribution is 2.25. The van der Waals surface area contributed by atoms with Gasteiger partial charge in [0.15, 0.2) is 0 Å². The Kier molecular flexibility index (Phi) is 4.47. The van der Waals surface area contributed by atoms with Gasteiger partial charge in [-0.2, -0.15) is 0 Å². The lowest BCUT2D eigenvalue weighted by Gasteiger charge is -2.07. The van der Waals surface area contributed by atoms with Crippen LogP contribution in [0.15, 0.2) is 15.5 Å². The van der Waals surface area contributed by atoms with Crippen molar-refractivity contribution in [2.45, 2.75) is 6.92 Å². The van der Waals surface area contributed by atoms with Crippen molar-refractivity contribution in [2.24, 2.45) is 0 Å². The first kappa shape index (κ1) is 13.9. The summed E-state index contributed by atoms with van der Waals surface area (Å²) in [4.78, 5) is 21.9. The van der Waals surface area contributed by atoms with E-state index >= 15 is 0 Å². The fourth-order valence-corrected chi connectivity index (χ4v) is 1.86. The third-order valence-corrected chi connectivity index (χ3v) is 2.58. The van der Waals surface area contributed by atoms with Gasteiger partial charge in [0.1, 0.15) is 0 Å². The number of halogens is 2. The molecule has 0 radical (unpaired) electrons. The molecule has 0 atom stereocenters. The molecule has 0 saturated carbocycles. The topological polar surface area (TPSA) is 74.6 Å². The van der Waals surface area contributed by atoms with E-state index in [-0.39, 0.29) is 11.1 Å². The first-order chi connectivity index (χ1) is 7.82. The Labute approximate surface area is 114 Å². The molecule has 90 valence electrons. The van der Waals surface area contributed by atoms with Crippen molar-refractivity contribution >= 4 is 49.9 Å². The van der Waals surface area contributed by atoms with Crippen molar-refractivity contribution in [3.05, 3.63) is 37.8 Å². The van der Waals surface area contributed by atoms with Crippen LogP contribution in [0.2, 0.25) is 0 Å². The summed E-state index contributed by atoms with van der Waals surface area (Å²) in [7, 11) is 0. The number of carboxylic acid groups (broad SMARTS) is 2. The van der Waals surface area contributed by atoms with Gasteiger partial charge in [-0.15, -0.1) is 0 Å². The van der Waals surface area contributed by atoms with Gasteiger partial charge >= 0.3 is 11.9 Å². The SMILES string of the molecule is Cc1cc(C(=O)O)cc(C(=O)O)c1C=C(Br)Br. The molecule has 0 amide bonds. The minimum Gasteiger partial charge on any atom is -0.478 e. The van der Waals surface area contributed by atoms with Gasteiger partial charge in [0.2, 0.25) is 0 Å². The molecule has 1 rings (SSSR count). The summed E-state index contributed by atoms with van der Waals surface area (Å²) in [6, 6.07) is 2.58. The molecule has 0 aliphatic heterocycles. The molecule has 0 aliphatic carbocycles. The van der Waals surface area contributed by atoms with Crippen LogP contribution >= 0.6 is 31.9 Å². The highest BCUT2D eigenvalue weighted by molar-refractivity contribution is 9.28. The number of hydrogen-bond acceptors (Lipinski definition) is 2. The fraction of sp³-hybridized carbons (Fsp3) is 0.0909. The maximum Gasteiger partial charge on any atom is 0.336 e. The molecule has 0 saturated heterocycles. The van der Waals surface area contributed by atoms with Gasteiger partial charge in [0.05, 0.1) is 14.5 Å². The quantitative estimate of drug-likeness (QED) is 0.862. The van der Waals surface area contributed by atoms with E-state index in [1.807, 2.05) is 0 Å². The van der Waals surface area contributed by atoms with E-state index in [9.17, 15) is 9.59 Å². The Bertz CT molecular complexity index is 516. The predicted molar refractivity (Wildman–Crippen MR) is 70.9 cm³/mol. The third-order valence-electron chi connectivity index (χ3n) is 2.12. The third kappa shape index (κ3) is 3.41. The normalized spacial score (nSPS) is 9.82. The molecule has 0 fully saturated rings. The summed E-state index contributed by atoms with van der Waals surface area (Å²) in [6.45, 7) is 1.66. The van der Waals surface area contributed by atoms with E-state index in [2.05, 4.69) is 31.9 Å². The second kappa shape index (κ2) is 5.46. The van der Waals surface area contributed by atoms with Gasteiger partial charge in [0, 0.05) is 0 Å². The first-order valence-electron chi connectivity index (χ1n) is 4.47. The second-order valence-corrected chi connectivity index (χ2v) is 6.07. The lowest BCUT2D eigenvalue weighted by molar-refractivity contribution is 0.0695. The summed E-state index contributed by atoms with van der Waals surface area (Å²) < 4.78 is 0.582. The summed E-state index contributed by atoms with van der Waals surface area (Å²) in [5, 5.41) is 17.9. The van der Waals surface area contributed by atoms with Gasteiger partial charge in [0.25, 0.3) is 0 Å². The summed E-state index contributed by atoms with van der Waals surface area (Å²) in [5.41, 5.74) is 0.964. The lowest BCUT2D eigenvalue weighted by atomic mass is 9.98. The smallest absolute Gasteiger partial charge is 0.336 e. The molecule has 6 heteroatoms. The molecule has 0 aromatic heterocycles. The van der Waals surface area contributed by atoms with Crippen molar-refractivity contribution in [3.8, 4) is 0 Å². The van der Waals surface area contributed by atoms with Crippen molar-refractivity contribution in [2.75, 3.05) is 0 Å². The minimum absolute atomic E-state index is 0.0391. The van der Waals surface area contributed by atoms with Crippen LogP contribution in [-0.4, -0.2) is 22.2 Å². The number of aromatic carboxylic acids is 2. The van der Waals surface area contributed by atoms with Crippen LogP contribution in [0.3, 0.4) is 0 Å². The zero-order valence-corrected chi connectivity index (χ0v) is 11.9. The maximum absolute atomic E-state index is 11.1. The Morgan fingerprint density at radius 1 is 1.18 bits per heavy atom. The second-order valence-electron chi connectivity index (χ2n) is 3.30. The molecular weight excluding hydrogens is 356 g/mol. The van der Waals surface area contributed by atoms with Crippen LogP contribution in [0.4, 0.5) is 0 Å².